The van der Waals surface area contributed by atoms with Crippen LogP contribution in [-0.4, -0.2) is 13.2 Å². The zero-order valence-corrected chi connectivity index (χ0v) is 13.9. The molecule has 2 atom stereocenters. The molecule has 2 nitrogen and oxygen atoms in total. The molecule has 3 heteroatoms. The lowest BCUT2D eigenvalue weighted by Crippen LogP contribution is -2.32. The van der Waals surface area contributed by atoms with Crippen LogP contribution in [0.4, 0.5) is 0 Å². The van der Waals surface area contributed by atoms with Crippen LogP contribution >= 0.6 is 0 Å². The van der Waals surface area contributed by atoms with Crippen LogP contribution in [0.15, 0.2) is 97.1 Å². The molecule has 1 aliphatic heterocycles. The number of hydrogen-bond acceptors (Lipinski definition) is 2. The van der Waals surface area contributed by atoms with E-state index in [4.69, 9.17) is 9.31 Å². The Morgan fingerprint density at radius 3 is 1.96 bits per heavy atom. The average Bonchev–Trinajstić information content (AvgIpc) is 3.13. The smallest absolute Gasteiger partial charge is 0.398 e. The summed E-state index contributed by atoms with van der Waals surface area (Å²) in [5.41, 5.74) is 3.32. The van der Waals surface area contributed by atoms with E-state index in [1.807, 2.05) is 66.7 Å². The van der Waals surface area contributed by atoms with Crippen LogP contribution in [0.5, 0.6) is 0 Å². The van der Waals surface area contributed by atoms with Crippen molar-refractivity contribution in [3.05, 3.63) is 108 Å². The van der Waals surface area contributed by atoms with Crippen LogP contribution in [-0.2, 0) is 9.31 Å². The standard InChI is InChI=1S/C22H19BO2/c1-4-10-18(11-5-1)16-17-21-22(19-12-6-2-7-13-19)25-23(24-21)20-14-8-3-9-15-20/h1-17,21-22H/b17-16+/t21-,22-/m1/s1. The highest BCUT2D eigenvalue weighted by Crippen LogP contribution is 2.32. The Bertz CT molecular complexity index is 818. The van der Waals surface area contributed by atoms with Crippen molar-refractivity contribution in [1.82, 2.24) is 0 Å². The van der Waals surface area contributed by atoms with E-state index in [0.29, 0.717) is 0 Å². The molecule has 0 spiro atoms. The highest BCUT2D eigenvalue weighted by molar-refractivity contribution is 6.61. The van der Waals surface area contributed by atoms with Crippen molar-refractivity contribution >= 4 is 18.7 Å². The fourth-order valence-corrected chi connectivity index (χ4v) is 3.05. The first-order valence-electron chi connectivity index (χ1n) is 8.54. The Hall–Kier alpha value is -2.62. The summed E-state index contributed by atoms with van der Waals surface area (Å²) in [5, 5.41) is 0. The molecule has 25 heavy (non-hydrogen) atoms. The van der Waals surface area contributed by atoms with Crippen molar-refractivity contribution in [2.75, 3.05) is 0 Å². The quantitative estimate of drug-likeness (QED) is 0.667. The van der Waals surface area contributed by atoms with E-state index in [2.05, 4.69) is 36.4 Å². The maximum Gasteiger partial charge on any atom is 0.494 e. The van der Waals surface area contributed by atoms with Crippen molar-refractivity contribution in [1.29, 1.82) is 0 Å². The van der Waals surface area contributed by atoms with Crippen molar-refractivity contribution in [3.8, 4) is 0 Å². The zero-order chi connectivity index (χ0) is 16.9. The first kappa shape index (κ1) is 15.9. The molecule has 1 aliphatic rings. The summed E-state index contributed by atoms with van der Waals surface area (Å²) in [6.07, 6.45) is 3.94. The van der Waals surface area contributed by atoms with Gasteiger partial charge in [0.15, 0.2) is 0 Å². The first-order chi connectivity index (χ1) is 12.4. The summed E-state index contributed by atoms with van der Waals surface area (Å²) >= 11 is 0. The van der Waals surface area contributed by atoms with Crippen LogP contribution < -0.4 is 5.46 Å². The third-order valence-electron chi connectivity index (χ3n) is 4.33. The predicted molar refractivity (Wildman–Crippen MR) is 102 cm³/mol. The minimum Gasteiger partial charge on any atom is -0.398 e. The SMILES string of the molecule is C(=C\[C@H]1OB(c2ccccc2)O[C@@H]1c1ccccc1)/c1ccccc1. The normalized spacial score (nSPS) is 20.2. The molecule has 4 rings (SSSR count). The molecule has 0 unspecified atom stereocenters. The highest BCUT2D eigenvalue weighted by Gasteiger charge is 2.40. The van der Waals surface area contributed by atoms with E-state index in [-0.39, 0.29) is 19.3 Å². The Morgan fingerprint density at radius 1 is 0.680 bits per heavy atom. The maximum absolute atomic E-state index is 6.26. The molecule has 0 aromatic heterocycles. The molecule has 122 valence electrons. The van der Waals surface area contributed by atoms with Crippen LogP contribution in [0.3, 0.4) is 0 Å². The van der Waals surface area contributed by atoms with Gasteiger partial charge in [-0.3, -0.25) is 0 Å². The number of benzene rings is 3. The van der Waals surface area contributed by atoms with Crippen molar-refractivity contribution in [2.24, 2.45) is 0 Å². The van der Waals surface area contributed by atoms with Gasteiger partial charge in [0.25, 0.3) is 0 Å². The topological polar surface area (TPSA) is 18.5 Å². The largest absolute Gasteiger partial charge is 0.494 e. The van der Waals surface area contributed by atoms with Gasteiger partial charge in [-0.15, -0.1) is 0 Å². The molecular weight excluding hydrogens is 307 g/mol. The molecule has 0 amide bonds. The minimum atomic E-state index is -0.350. The van der Waals surface area contributed by atoms with E-state index in [9.17, 15) is 0 Å². The van der Waals surface area contributed by atoms with E-state index in [0.717, 1.165) is 16.6 Å². The molecular formula is C22H19BO2. The molecule has 1 heterocycles. The average molecular weight is 326 g/mol. The van der Waals surface area contributed by atoms with Gasteiger partial charge in [-0.2, -0.15) is 0 Å². The zero-order valence-electron chi connectivity index (χ0n) is 13.9. The second-order valence-corrected chi connectivity index (χ2v) is 6.08. The number of hydrogen-bond donors (Lipinski definition) is 0. The van der Waals surface area contributed by atoms with E-state index >= 15 is 0 Å². The second kappa shape index (κ2) is 7.52. The van der Waals surface area contributed by atoms with Crippen LogP contribution in [0, 0.1) is 0 Å². The summed E-state index contributed by atoms with van der Waals surface area (Å²) in [6.45, 7) is 0. The van der Waals surface area contributed by atoms with Gasteiger partial charge in [0.2, 0.25) is 0 Å². The lowest BCUT2D eigenvalue weighted by Gasteiger charge is -2.15. The fourth-order valence-electron chi connectivity index (χ4n) is 3.05. The van der Waals surface area contributed by atoms with Gasteiger partial charge < -0.3 is 9.31 Å². The first-order valence-corrected chi connectivity index (χ1v) is 8.54. The van der Waals surface area contributed by atoms with E-state index in [1.165, 1.54) is 0 Å². The Labute approximate surface area is 148 Å². The highest BCUT2D eigenvalue weighted by atomic mass is 16.7. The molecule has 3 aromatic rings. The molecule has 0 saturated carbocycles. The Morgan fingerprint density at radius 2 is 1.28 bits per heavy atom. The van der Waals surface area contributed by atoms with E-state index < -0.39 is 0 Å². The molecule has 0 bridgehead atoms. The van der Waals surface area contributed by atoms with Crippen molar-refractivity contribution in [2.45, 2.75) is 12.2 Å². The fraction of sp³-hybridized carbons (Fsp3) is 0.0909. The third-order valence-corrected chi connectivity index (χ3v) is 4.33. The second-order valence-electron chi connectivity index (χ2n) is 6.08. The van der Waals surface area contributed by atoms with Crippen LogP contribution in [0.25, 0.3) is 6.08 Å². The van der Waals surface area contributed by atoms with Gasteiger partial charge in [-0.1, -0.05) is 103 Å². The monoisotopic (exact) mass is 326 g/mol. The van der Waals surface area contributed by atoms with Crippen LogP contribution in [0.1, 0.15) is 17.2 Å². The summed E-state index contributed by atoms with van der Waals surface area (Å²) in [6, 6.07) is 30.6. The Kier molecular flexibility index (Phi) is 4.78. The summed E-state index contributed by atoms with van der Waals surface area (Å²) in [4.78, 5) is 0. The van der Waals surface area contributed by atoms with Crippen molar-refractivity contribution < 1.29 is 9.31 Å². The molecule has 0 aliphatic carbocycles. The van der Waals surface area contributed by atoms with Crippen LogP contribution in [0.2, 0.25) is 0 Å². The van der Waals surface area contributed by atoms with Gasteiger partial charge in [0.1, 0.15) is 0 Å². The minimum absolute atomic E-state index is 0.119. The maximum atomic E-state index is 6.26. The van der Waals surface area contributed by atoms with Gasteiger partial charge >= 0.3 is 7.12 Å². The van der Waals surface area contributed by atoms with Gasteiger partial charge in [0.05, 0.1) is 12.2 Å². The third kappa shape index (κ3) is 3.73. The predicted octanol–water partition coefficient (Wildman–Crippen LogP) is 4.25. The number of rotatable bonds is 4. The van der Waals surface area contributed by atoms with Gasteiger partial charge in [-0.25, -0.2) is 0 Å². The molecule has 1 fully saturated rings. The van der Waals surface area contributed by atoms with Gasteiger partial charge in [-0.05, 0) is 16.6 Å². The lowest BCUT2D eigenvalue weighted by atomic mass is 9.79. The van der Waals surface area contributed by atoms with Gasteiger partial charge in [0, 0.05) is 0 Å². The molecule has 1 saturated heterocycles. The molecule has 0 radical (unpaired) electrons. The van der Waals surface area contributed by atoms with Crippen molar-refractivity contribution in [3.63, 3.8) is 0 Å². The lowest BCUT2D eigenvalue weighted by molar-refractivity contribution is 0.195. The summed E-state index contributed by atoms with van der Waals surface area (Å²) in [5.74, 6) is 0. The molecule has 3 aromatic carbocycles. The van der Waals surface area contributed by atoms with E-state index in [1.54, 1.807) is 0 Å². The molecule has 0 N–H and O–H groups in total. The Balaban J connectivity index is 1.61. The summed E-state index contributed by atoms with van der Waals surface area (Å²) < 4.78 is 12.5. The summed E-state index contributed by atoms with van der Waals surface area (Å²) in [7, 11) is -0.350.